The van der Waals surface area contributed by atoms with Crippen LogP contribution in [0.15, 0.2) is 24.3 Å². The molecule has 0 heterocycles. The number of nitrogens with one attached hydrogen (secondary N) is 1. The lowest BCUT2D eigenvalue weighted by atomic mass is 10.1. The number of ether oxygens (including phenoxy) is 3. The highest BCUT2D eigenvalue weighted by molar-refractivity contribution is 5.81. The van der Waals surface area contributed by atoms with Gasteiger partial charge in [0, 0.05) is 12.0 Å². The Hall–Kier alpha value is -2.68. The molecule has 130 valence electrons. The van der Waals surface area contributed by atoms with Crippen LogP contribution in [0.1, 0.15) is 32.8 Å². The number of benzene rings is 1. The van der Waals surface area contributed by atoms with Gasteiger partial charge in [-0.2, -0.15) is 0 Å². The molecule has 0 radical (unpaired) electrons. The summed E-state index contributed by atoms with van der Waals surface area (Å²) in [4.78, 5) is 23.6. The summed E-state index contributed by atoms with van der Waals surface area (Å²) in [6.07, 6.45) is -0.582. The summed E-state index contributed by atoms with van der Waals surface area (Å²) in [5, 5.41) is 2.47. The van der Waals surface area contributed by atoms with Crippen molar-refractivity contribution in [2.45, 2.75) is 38.8 Å². The molecule has 1 atom stereocenters. The third kappa shape index (κ3) is 7.05. The second-order valence-electron chi connectivity index (χ2n) is 5.96. The molecule has 24 heavy (non-hydrogen) atoms. The Balaban J connectivity index is 2.71. The first kappa shape index (κ1) is 19.4. The van der Waals surface area contributed by atoms with Gasteiger partial charge in [0.2, 0.25) is 0 Å². The van der Waals surface area contributed by atoms with Crippen molar-refractivity contribution in [3.05, 3.63) is 29.8 Å². The molecule has 0 fully saturated rings. The van der Waals surface area contributed by atoms with Crippen molar-refractivity contribution >= 4 is 12.1 Å². The largest absolute Gasteiger partial charge is 0.497 e. The molecule has 0 spiro atoms. The summed E-state index contributed by atoms with van der Waals surface area (Å²) in [7, 11) is 2.84. The zero-order valence-corrected chi connectivity index (χ0v) is 14.6. The highest BCUT2D eigenvalue weighted by Crippen LogP contribution is 2.10. The zero-order valence-electron chi connectivity index (χ0n) is 14.6. The maximum Gasteiger partial charge on any atom is 0.408 e. The highest BCUT2D eigenvalue weighted by atomic mass is 16.6. The first-order valence-corrected chi connectivity index (χ1v) is 7.45. The topological polar surface area (TPSA) is 73.9 Å². The summed E-state index contributed by atoms with van der Waals surface area (Å²) in [5.41, 5.74) is 0.121. The molecular formula is C18H23NO5. The van der Waals surface area contributed by atoms with Crippen molar-refractivity contribution in [2.24, 2.45) is 0 Å². The summed E-state index contributed by atoms with van der Waals surface area (Å²) in [6, 6.07) is 6.30. The van der Waals surface area contributed by atoms with Crippen LogP contribution in [-0.4, -0.2) is 37.9 Å². The normalized spacial score (nSPS) is 11.5. The van der Waals surface area contributed by atoms with Crippen LogP contribution >= 0.6 is 0 Å². The minimum absolute atomic E-state index is 0.109. The molecule has 0 saturated heterocycles. The number of esters is 1. The quantitative estimate of drug-likeness (QED) is 0.677. The van der Waals surface area contributed by atoms with E-state index < -0.39 is 23.7 Å². The van der Waals surface area contributed by atoms with Crippen LogP contribution in [0.2, 0.25) is 0 Å². The van der Waals surface area contributed by atoms with E-state index in [1.54, 1.807) is 52.1 Å². The number of carbonyl (C=O) groups excluding carboxylic acids is 2. The average molecular weight is 333 g/mol. The van der Waals surface area contributed by atoms with Gasteiger partial charge >= 0.3 is 12.1 Å². The van der Waals surface area contributed by atoms with Gasteiger partial charge in [-0.3, -0.25) is 0 Å². The molecule has 1 amide bonds. The minimum Gasteiger partial charge on any atom is -0.497 e. The average Bonchev–Trinajstić information content (AvgIpc) is 2.52. The van der Waals surface area contributed by atoms with Crippen LogP contribution in [0.25, 0.3) is 0 Å². The monoisotopic (exact) mass is 333 g/mol. The lowest BCUT2D eigenvalue weighted by Gasteiger charge is -2.21. The Labute approximate surface area is 142 Å². The van der Waals surface area contributed by atoms with Crippen LogP contribution < -0.4 is 10.1 Å². The van der Waals surface area contributed by atoms with Gasteiger partial charge in [-0.05, 0) is 45.0 Å². The van der Waals surface area contributed by atoms with Gasteiger partial charge in [-0.25, -0.2) is 9.59 Å². The smallest absolute Gasteiger partial charge is 0.408 e. The van der Waals surface area contributed by atoms with Crippen LogP contribution in [0.3, 0.4) is 0 Å². The minimum atomic E-state index is -0.893. The van der Waals surface area contributed by atoms with Crippen LogP contribution in [0.4, 0.5) is 4.79 Å². The maximum absolute atomic E-state index is 11.8. The Kier molecular flexibility index (Phi) is 7.12. The van der Waals surface area contributed by atoms with E-state index in [1.807, 2.05) is 0 Å². The molecular weight excluding hydrogens is 310 g/mol. The van der Waals surface area contributed by atoms with Crippen molar-refractivity contribution in [3.63, 3.8) is 0 Å². The van der Waals surface area contributed by atoms with Crippen LogP contribution in [-0.2, 0) is 14.3 Å². The van der Waals surface area contributed by atoms with E-state index in [1.165, 1.54) is 7.11 Å². The number of hydrogen-bond donors (Lipinski definition) is 1. The Morgan fingerprint density at radius 1 is 1.17 bits per heavy atom. The molecule has 6 heteroatoms. The maximum atomic E-state index is 11.8. The fraction of sp³-hybridized carbons (Fsp3) is 0.444. The molecule has 1 N–H and O–H groups in total. The molecule has 0 aliphatic rings. The summed E-state index contributed by atoms with van der Waals surface area (Å²) >= 11 is 0. The fourth-order valence-corrected chi connectivity index (χ4v) is 1.71. The Morgan fingerprint density at radius 3 is 2.29 bits per heavy atom. The van der Waals surface area contributed by atoms with Gasteiger partial charge in [0.25, 0.3) is 0 Å². The number of hydrogen-bond acceptors (Lipinski definition) is 5. The van der Waals surface area contributed by atoms with Crippen molar-refractivity contribution in [1.29, 1.82) is 0 Å². The lowest BCUT2D eigenvalue weighted by molar-refractivity contribution is -0.143. The second-order valence-corrected chi connectivity index (χ2v) is 5.96. The molecule has 1 aromatic rings. The van der Waals surface area contributed by atoms with E-state index in [-0.39, 0.29) is 6.42 Å². The first-order chi connectivity index (χ1) is 11.2. The number of alkyl carbamates (subject to hydrolysis) is 1. The van der Waals surface area contributed by atoms with Crippen LogP contribution in [0.5, 0.6) is 5.75 Å². The SMILES string of the molecule is COC(=O)[C@H](CC#Cc1ccc(OC)cc1)NC(=O)OC(C)(C)C. The van der Waals surface area contributed by atoms with Gasteiger partial charge in [0.15, 0.2) is 0 Å². The van der Waals surface area contributed by atoms with Crippen LogP contribution in [0, 0.1) is 11.8 Å². The molecule has 0 aliphatic carbocycles. The Bertz CT molecular complexity index is 620. The second kappa shape index (κ2) is 8.82. The molecule has 1 rings (SSSR count). The summed E-state index contributed by atoms with van der Waals surface area (Å²) in [6.45, 7) is 5.22. The van der Waals surface area contributed by atoms with E-state index in [4.69, 9.17) is 9.47 Å². The number of methoxy groups -OCH3 is 2. The van der Waals surface area contributed by atoms with E-state index in [0.29, 0.717) is 0 Å². The third-order valence-electron chi connectivity index (χ3n) is 2.81. The lowest BCUT2D eigenvalue weighted by Crippen LogP contribution is -2.43. The molecule has 0 saturated carbocycles. The van der Waals surface area contributed by atoms with Crippen molar-refractivity contribution in [3.8, 4) is 17.6 Å². The van der Waals surface area contributed by atoms with Crippen molar-refractivity contribution < 1.29 is 23.8 Å². The van der Waals surface area contributed by atoms with E-state index >= 15 is 0 Å². The van der Waals surface area contributed by atoms with Gasteiger partial charge < -0.3 is 19.5 Å². The summed E-state index contributed by atoms with van der Waals surface area (Å²) < 4.78 is 14.9. The number of amides is 1. The predicted molar refractivity (Wildman–Crippen MR) is 89.7 cm³/mol. The fourth-order valence-electron chi connectivity index (χ4n) is 1.71. The highest BCUT2D eigenvalue weighted by Gasteiger charge is 2.24. The Morgan fingerprint density at radius 2 is 1.79 bits per heavy atom. The van der Waals surface area contributed by atoms with Gasteiger partial charge in [0.1, 0.15) is 17.4 Å². The standard InChI is InChI=1S/C18H23NO5/c1-18(2,3)24-17(21)19-15(16(20)23-5)8-6-7-13-9-11-14(22-4)12-10-13/h9-12,15H,8H2,1-5H3,(H,19,21)/t15-/m0/s1. The third-order valence-corrected chi connectivity index (χ3v) is 2.81. The number of rotatable bonds is 4. The van der Waals surface area contributed by atoms with Gasteiger partial charge in [0.05, 0.1) is 14.2 Å². The molecule has 0 unspecified atom stereocenters. The molecule has 0 aliphatic heterocycles. The zero-order chi connectivity index (χ0) is 18.2. The summed E-state index contributed by atoms with van der Waals surface area (Å²) in [5.74, 6) is 5.94. The predicted octanol–water partition coefficient (Wildman–Crippen LogP) is 2.50. The van der Waals surface area contributed by atoms with Crippen molar-refractivity contribution in [2.75, 3.05) is 14.2 Å². The molecule has 0 aromatic heterocycles. The molecule has 6 nitrogen and oxygen atoms in total. The first-order valence-electron chi connectivity index (χ1n) is 7.45. The van der Waals surface area contributed by atoms with Gasteiger partial charge in [-0.1, -0.05) is 11.8 Å². The van der Waals surface area contributed by atoms with E-state index in [2.05, 4.69) is 21.9 Å². The molecule has 0 bridgehead atoms. The van der Waals surface area contributed by atoms with E-state index in [9.17, 15) is 9.59 Å². The molecule has 1 aromatic carbocycles. The van der Waals surface area contributed by atoms with Gasteiger partial charge in [-0.15, -0.1) is 0 Å². The number of carbonyl (C=O) groups is 2. The van der Waals surface area contributed by atoms with Crippen molar-refractivity contribution in [1.82, 2.24) is 5.32 Å². The van der Waals surface area contributed by atoms with E-state index in [0.717, 1.165) is 11.3 Å².